The van der Waals surface area contributed by atoms with Crippen LogP contribution in [0.1, 0.15) is 22.3 Å². The van der Waals surface area contributed by atoms with Crippen molar-refractivity contribution in [3.63, 3.8) is 0 Å². The van der Waals surface area contributed by atoms with Crippen LogP contribution in [0.4, 0.5) is 24.7 Å². The van der Waals surface area contributed by atoms with Gasteiger partial charge in [-0.05, 0) is 54.1 Å². The lowest BCUT2D eigenvalue weighted by molar-refractivity contribution is -0.274. The summed E-state index contributed by atoms with van der Waals surface area (Å²) < 4.78 is 40.7. The topological polar surface area (TPSA) is 131 Å². The van der Waals surface area contributed by atoms with E-state index in [1.807, 2.05) is 0 Å². The van der Waals surface area contributed by atoms with Crippen LogP contribution in [0.2, 0.25) is 0 Å². The number of halogens is 3. The third-order valence-corrected chi connectivity index (χ3v) is 5.22. The minimum absolute atomic E-state index is 0.186. The van der Waals surface area contributed by atoms with Gasteiger partial charge in [-0.15, -0.1) is 24.9 Å². The van der Waals surface area contributed by atoms with Crippen LogP contribution in [0.3, 0.4) is 0 Å². The van der Waals surface area contributed by atoms with E-state index in [4.69, 9.17) is 5.11 Å². The Labute approximate surface area is 200 Å². The molecule has 35 heavy (non-hydrogen) atoms. The predicted octanol–water partition coefficient (Wildman–Crippen LogP) is 4.33. The van der Waals surface area contributed by atoms with Gasteiger partial charge >= 0.3 is 12.3 Å². The van der Waals surface area contributed by atoms with Gasteiger partial charge in [0.1, 0.15) is 23.0 Å². The second-order valence-corrected chi connectivity index (χ2v) is 7.80. The standard InChI is InChI=1S/C22H17F3N4O5S/c23-22(24,25)34-15-5-3-14(4-6-15)28-20(33)16-2-1-8-27-21(16)35-12-13-7-9-26-17(10-13)29-18(30)11-19(31)32/h1-10H,11-12H2,(H,28,33)(H,31,32)(H,26,29,30). The lowest BCUT2D eigenvalue weighted by Gasteiger charge is -2.11. The number of carboxylic acid groups (broad SMARTS) is 1. The number of hydrogen-bond donors (Lipinski definition) is 3. The van der Waals surface area contributed by atoms with E-state index in [1.54, 1.807) is 24.3 Å². The highest BCUT2D eigenvalue weighted by molar-refractivity contribution is 7.98. The van der Waals surface area contributed by atoms with Gasteiger partial charge in [0.15, 0.2) is 0 Å². The number of nitrogens with one attached hydrogen (secondary N) is 2. The van der Waals surface area contributed by atoms with E-state index in [2.05, 4.69) is 25.3 Å². The molecule has 0 atom stereocenters. The number of carboxylic acids is 1. The van der Waals surface area contributed by atoms with Crippen LogP contribution in [0.5, 0.6) is 5.75 Å². The maximum atomic E-state index is 12.7. The summed E-state index contributed by atoms with van der Waals surface area (Å²) in [5, 5.41) is 14.1. The summed E-state index contributed by atoms with van der Waals surface area (Å²) in [5.41, 5.74) is 1.24. The number of amides is 2. The molecule has 2 aromatic heterocycles. The fourth-order valence-corrected chi connectivity index (χ4v) is 3.66. The maximum absolute atomic E-state index is 12.7. The summed E-state index contributed by atoms with van der Waals surface area (Å²) >= 11 is 1.23. The second kappa shape index (κ2) is 11.3. The van der Waals surface area contributed by atoms with Gasteiger partial charge in [0, 0.05) is 23.8 Å². The highest BCUT2D eigenvalue weighted by Gasteiger charge is 2.31. The summed E-state index contributed by atoms with van der Waals surface area (Å²) in [5.74, 6) is -2.36. The Morgan fingerprint density at radius 2 is 1.74 bits per heavy atom. The SMILES string of the molecule is O=C(O)CC(=O)Nc1cc(CSc2ncccc2C(=O)Nc2ccc(OC(F)(F)F)cc2)ccn1. The Hall–Kier alpha value is -4.13. The Balaban J connectivity index is 1.64. The van der Waals surface area contributed by atoms with E-state index < -0.39 is 36.3 Å². The molecule has 0 spiro atoms. The number of ether oxygens (including phenoxy) is 1. The second-order valence-electron chi connectivity index (χ2n) is 6.84. The number of carbonyl (C=O) groups is 3. The Morgan fingerprint density at radius 1 is 1.00 bits per heavy atom. The number of anilines is 2. The van der Waals surface area contributed by atoms with Crippen molar-refractivity contribution < 1.29 is 37.4 Å². The number of hydrogen-bond acceptors (Lipinski definition) is 7. The van der Waals surface area contributed by atoms with Gasteiger partial charge in [-0.3, -0.25) is 14.4 Å². The number of rotatable bonds is 9. The first-order valence-corrected chi connectivity index (χ1v) is 10.8. The fraction of sp³-hybridized carbons (Fsp3) is 0.136. The van der Waals surface area contributed by atoms with Crippen molar-refractivity contribution in [2.24, 2.45) is 0 Å². The number of pyridine rings is 2. The monoisotopic (exact) mass is 506 g/mol. The highest BCUT2D eigenvalue weighted by atomic mass is 32.2. The molecule has 3 N–H and O–H groups in total. The number of aromatic nitrogens is 2. The summed E-state index contributed by atoms with van der Waals surface area (Å²) in [7, 11) is 0. The molecule has 0 aliphatic carbocycles. The molecule has 2 heterocycles. The first-order valence-electron chi connectivity index (χ1n) is 9.80. The van der Waals surface area contributed by atoms with Crippen molar-refractivity contribution in [1.82, 2.24) is 9.97 Å². The zero-order chi connectivity index (χ0) is 25.4. The van der Waals surface area contributed by atoms with Crippen molar-refractivity contribution in [2.45, 2.75) is 23.6 Å². The number of aliphatic carboxylic acids is 1. The van der Waals surface area contributed by atoms with Crippen molar-refractivity contribution >= 4 is 41.1 Å². The third-order valence-electron chi connectivity index (χ3n) is 4.14. The molecule has 0 saturated heterocycles. The minimum atomic E-state index is -4.81. The Bertz CT molecular complexity index is 1220. The van der Waals surface area contributed by atoms with Gasteiger partial charge < -0.3 is 20.5 Å². The van der Waals surface area contributed by atoms with Crippen LogP contribution in [-0.4, -0.2) is 39.2 Å². The first kappa shape index (κ1) is 25.5. The lowest BCUT2D eigenvalue weighted by atomic mass is 10.2. The van der Waals surface area contributed by atoms with Crippen LogP contribution in [0.25, 0.3) is 0 Å². The van der Waals surface area contributed by atoms with Gasteiger partial charge in [0.25, 0.3) is 5.91 Å². The smallest absolute Gasteiger partial charge is 0.481 e. The zero-order valence-electron chi connectivity index (χ0n) is 17.7. The molecule has 3 rings (SSSR count). The van der Waals surface area contributed by atoms with Crippen molar-refractivity contribution in [1.29, 1.82) is 0 Å². The average Bonchev–Trinajstić information content (AvgIpc) is 2.78. The van der Waals surface area contributed by atoms with E-state index in [1.165, 1.54) is 36.3 Å². The van der Waals surface area contributed by atoms with E-state index in [0.717, 1.165) is 17.7 Å². The molecular weight excluding hydrogens is 489 g/mol. The number of thioether (sulfide) groups is 1. The minimum Gasteiger partial charge on any atom is -0.481 e. The fourth-order valence-electron chi connectivity index (χ4n) is 2.73. The van der Waals surface area contributed by atoms with Crippen LogP contribution < -0.4 is 15.4 Å². The summed E-state index contributed by atoms with van der Waals surface area (Å²) in [6.45, 7) is 0. The number of benzene rings is 1. The lowest BCUT2D eigenvalue weighted by Crippen LogP contribution is -2.17. The van der Waals surface area contributed by atoms with Crippen LogP contribution >= 0.6 is 11.8 Å². The van der Waals surface area contributed by atoms with E-state index in [9.17, 15) is 27.6 Å². The van der Waals surface area contributed by atoms with Gasteiger partial charge in [-0.2, -0.15) is 0 Å². The molecule has 0 aliphatic heterocycles. The van der Waals surface area contributed by atoms with Crippen molar-refractivity contribution in [3.8, 4) is 5.75 Å². The Kier molecular flexibility index (Phi) is 8.25. The number of carbonyl (C=O) groups excluding carboxylic acids is 2. The van der Waals surface area contributed by atoms with Crippen molar-refractivity contribution in [2.75, 3.05) is 10.6 Å². The quantitative estimate of drug-likeness (QED) is 0.289. The molecule has 0 radical (unpaired) electrons. The van der Waals surface area contributed by atoms with Crippen molar-refractivity contribution in [3.05, 3.63) is 72.1 Å². The molecule has 182 valence electrons. The Morgan fingerprint density at radius 3 is 2.43 bits per heavy atom. The summed E-state index contributed by atoms with van der Waals surface area (Å²) in [4.78, 5) is 43.2. The summed E-state index contributed by atoms with van der Waals surface area (Å²) in [6, 6.07) is 11.1. The van der Waals surface area contributed by atoms with Gasteiger partial charge in [-0.1, -0.05) is 0 Å². The molecule has 0 fully saturated rings. The molecular formula is C22H17F3N4O5S. The van der Waals surface area contributed by atoms with E-state index >= 15 is 0 Å². The zero-order valence-corrected chi connectivity index (χ0v) is 18.5. The molecule has 0 bridgehead atoms. The molecule has 0 saturated carbocycles. The molecule has 0 unspecified atom stereocenters. The van der Waals surface area contributed by atoms with Crippen LogP contribution in [0, 0.1) is 0 Å². The van der Waals surface area contributed by atoms with E-state index in [0.29, 0.717) is 10.8 Å². The average molecular weight is 506 g/mol. The first-order chi connectivity index (χ1) is 16.6. The molecule has 1 aromatic carbocycles. The van der Waals surface area contributed by atoms with Gasteiger partial charge in [0.05, 0.1) is 5.56 Å². The highest BCUT2D eigenvalue weighted by Crippen LogP contribution is 2.27. The van der Waals surface area contributed by atoms with Crippen LogP contribution in [-0.2, 0) is 15.3 Å². The largest absolute Gasteiger partial charge is 0.573 e. The number of nitrogens with zero attached hydrogens (tertiary/aromatic N) is 2. The third kappa shape index (κ3) is 8.30. The molecule has 2 amide bonds. The van der Waals surface area contributed by atoms with E-state index in [-0.39, 0.29) is 17.1 Å². The molecule has 0 aliphatic rings. The number of alkyl halides is 3. The van der Waals surface area contributed by atoms with Crippen LogP contribution in [0.15, 0.2) is 66.0 Å². The summed E-state index contributed by atoms with van der Waals surface area (Å²) in [6.07, 6.45) is -2.55. The van der Waals surface area contributed by atoms with Gasteiger partial charge in [0.2, 0.25) is 5.91 Å². The molecule has 3 aromatic rings. The predicted molar refractivity (Wildman–Crippen MR) is 120 cm³/mol. The molecule has 13 heteroatoms. The normalized spacial score (nSPS) is 10.9. The maximum Gasteiger partial charge on any atom is 0.573 e. The van der Waals surface area contributed by atoms with Gasteiger partial charge in [-0.25, -0.2) is 9.97 Å². The molecule has 9 nitrogen and oxygen atoms in total.